The van der Waals surface area contributed by atoms with Gasteiger partial charge in [0.2, 0.25) is 0 Å². The molecule has 2 aromatic carbocycles. The number of non-ortho nitro benzene ring substituents is 1. The number of nitro groups is 1. The van der Waals surface area contributed by atoms with Gasteiger partial charge in [0.1, 0.15) is 29.8 Å². The Kier molecular flexibility index (Phi) is 5.31. The molecule has 30 heavy (non-hydrogen) atoms. The predicted molar refractivity (Wildman–Crippen MR) is 113 cm³/mol. The van der Waals surface area contributed by atoms with E-state index in [1.807, 2.05) is 24.3 Å². The standard InChI is InChI=1S/C23H20N4O3/c24-13-20-22(19-3-1-2-4-21(19)26-23(20)25)16-7-11-18(12-8-16)30-14-15-5-9-17(10-6-15)27(28)29/h5-12H,1-4,14H2,(H2,25,26). The van der Waals surface area contributed by atoms with Crippen LogP contribution in [0.1, 0.15) is 35.2 Å². The van der Waals surface area contributed by atoms with Crippen LogP contribution in [0.5, 0.6) is 5.75 Å². The Bertz CT molecular complexity index is 1130. The summed E-state index contributed by atoms with van der Waals surface area (Å²) >= 11 is 0. The number of benzene rings is 2. The summed E-state index contributed by atoms with van der Waals surface area (Å²) in [6.45, 7) is 0.304. The molecule has 150 valence electrons. The first kappa shape index (κ1) is 19.4. The topological polar surface area (TPSA) is 115 Å². The molecule has 1 aliphatic rings. The lowest BCUT2D eigenvalue weighted by molar-refractivity contribution is -0.384. The Morgan fingerprint density at radius 2 is 1.80 bits per heavy atom. The number of fused-ring (bicyclic) bond motifs is 1. The predicted octanol–water partition coefficient (Wildman–Crippen LogP) is 4.57. The fourth-order valence-electron chi connectivity index (χ4n) is 3.79. The number of ether oxygens (including phenoxy) is 1. The van der Waals surface area contributed by atoms with Gasteiger partial charge in [0, 0.05) is 23.4 Å². The lowest BCUT2D eigenvalue weighted by Gasteiger charge is -2.21. The molecular weight excluding hydrogens is 380 g/mol. The smallest absolute Gasteiger partial charge is 0.269 e. The van der Waals surface area contributed by atoms with Gasteiger partial charge in [-0.25, -0.2) is 4.98 Å². The number of aryl methyl sites for hydroxylation is 1. The number of nitrogens with two attached hydrogens (primary N) is 1. The minimum Gasteiger partial charge on any atom is -0.489 e. The number of pyridine rings is 1. The monoisotopic (exact) mass is 400 g/mol. The highest BCUT2D eigenvalue weighted by molar-refractivity contribution is 5.79. The van der Waals surface area contributed by atoms with E-state index < -0.39 is 4.92 Å². The van der Waals surface area contributed by atoms with Crippen LogP contribution in [-0.4, -0.2) is 9.91 Å². The summed E-state index contributed by atoms with van der Waals surface area (Å²) in [6.07, 6.45) is 3.94. The van der Waals surface area contributed by atoms with E-state index in [1.165, 1.54) is 12.1 Å². The zero-order valence-electron chi connectivity index (χ0n) is 16.3. The lowest BCUT2D eigenvalue weighted by Crippen LogP contribution is -2.11. The molecule has 0 saturated carbocycles. The molecule has 1 aromatic heterocycles. The van der Waals surface area contributed by atoms with Gasteiger partial charge in [-0.05, 0) is 66.6 Å². The lowest BCUT2D eigenvalue weighted by atomic mass is 9.86. The van der Waals surface area contributed by atoms with Gasteiger partial charge in [0.25, 0.3) is 5.69 Å². The number of nitrogen functional groups attached to an aromatic ring is 1. The minimum atomic E-state index is -0.427. The second kappa shape index (κ2) is 8.21. The number of nitro benzene ring substituents is 1. The molecule has 3 aromatic rings. The van der Waals surface area contributed by atoms with Crippen molar-refractivity contribution in [3.63, 3.8) is 0 Å². The molecule has 7 heteroatoms. The van der Waals surface area contributed by atoms with Crippen LogP contribution >= 0.6 is 0 Å². The van der Waals surface area contributed by atoms with Crippen LogP contribution < -0.4 is 10.5 Å². The van der Waals surface area contributed by atoms with E-state index in [0.29, 0.717) is 17.9 Å². The normalized spacial score (nSPS) is 12.6. The molecule has 7 nitrogen and oxygen atoms in total. The van der Waals surface area contributed by atoms with E-state index in [9.17, 15) is 15.4 Å². The molecule has 0 aliphatic heterocycles. The summed E-state index contributed by atoms with van der Waals surface area (Å²) in [5.41, 5.74) is 11.3. The van der Waals surface area contributed by atoms with E-state index in [1.54, 1.807) is 12.1 Å². The Morgan fingerprint density at radius 3 is 2.47 bits per heavy atom. The van der Waals surface area contributed by atoms with Crippen LogP contribution in [0.4, 0.5) is 11.5 Å². The van der Waals surface area contributed by atoms with Gasteiger partial charge in [0.05, 0.1) is 4.92 Å². The van der Waals surface area contributed by atoms with Crippen molar-refractivity contribution in [2.45, 2.75) is 32.3 Å². The van der Waals surface area contributed by atoms with Crippen LogP contribution in [0.25, 0.3) is 11.1 Å². The number of nitriles is 1. The van der Waals surface area contributed by atoms with Crippen molar-refractivity contribution in [3.8, 4) is 22.9 Å². The van der Waals surface area contributed by atoms with E-state index in [4.69, 9.17) is 10.5 Å². The highest BCUT2D eigenvalue weighted by Crippen LogP contribution is 2.36. The number of hydrogen-bond donors (Lipinski definition) is 1. The van der Waals surface area contributed by atoms with Gasteiger partial charge in [-0.15, -0.1) is 0 Å². The van der Waals surface area contributed by atoms with Crippen LogP contribution in [0.3, 0.4) is 0 Å². The van der Waals surface area contributed by atoms with Crippen LogP contribution in [0, 0.1) is 21.4 Å². The third kappa shape index (κ3) is 3.80. The molecule has 0 radical (unpaired) electrons. The highest BCUT2D eigenvalue weighted by atomic mass is 16.6. The van der Waals surface area contributed by atoms with E-state index >= 15 is 0 Å². The minimum absolute atomic E-state index is 0.0522. The second-order valence-electron chi connectivity index (χ2n) is 7.23. The quantitative estimate of drug-likeness (QED) is 0.495. The summed E-state index contributed by atoms with van der Waals surface area (Å²) in [6, 6.07) is 16.1. The first-order valence-corrected chi connectivity index (χ1v) is 9.74. The van der Waals surface area contributed by atoms with E-state index in [-0.39, 0.29) is 11.5 Å². The number of aromatic nitrogens is 1. The van der Waals surface area contributed by atoms with E-state index in [2.05, 4.69) is 11.1 Å². The first-order chi connectivity index (χ1) is 14.6. The van der Waals surface area contributed by atoms with Crippen molar-refractivity contribution < 1.29 is 9.66 Å². The molecule has 0 atom stereocenters. The Labute approximate surface area is 173 Å². The molecule has 2 N–H and O–H groups in total. The summed E-state index contributed by atoms with van der Waals surface area (Å²) in [5, 5.41) is 20.4. The largest absolute Gasteiger partial charge is 0.489 e. The third-order valence-electron chi connectivity index (χ3n) is 5.31. The van der Waals surface area contributed by atoms with Gasteiger partial charge in [-0.2, -0.15) is 5.26 Å². The number of rotatable bonds is 5. The van der Waals surface area contributed by atoms with Gasteiger partial charge in [-0.3, -0.25) is 10.1 Å². The summed E-state index contributed by atoms with van der Waals surface area (Å²) in [7, 11) is 0. The average molecular weight is 400 g/mol. The Hall–Kier alpha value is -3.92. The Morgan fingerprint density at radius 1 is 1.10 bits per heavy atom. The Balaban J connectivity index is 1.56. The van der Waals surface area contributed by atoms with Crippen LogP contribution in [0.15, 0.2) is 48.5 Å². The molecule has 1 aliphatic carbocycles. The molecule has 0 fully saturated rings. The van der Waals surface area contributed by atoms with Crippen molar-refractivity contribution >= 4 is 11.5 Å². The SMILES string of the molecule is N#Cc1c(N)nc2c(c1-c1ccc(OCc3ccc([N+](=O)[O-])cc3)cc1)CCCC2. The second-order valence-corrected chi connectivity index (χ2v) is 7.23. The molecule has 0 bridgehead atoms. The molecular formula is C23H20N4O3. The summed E-state index contributed by atoms with van der Waals surface area (Å²) < 4.78 is 5.80. The van der Waals surface area contributed by atoms with Crippen molar-refractivity contribution in [2.75, 3.05) is 5.73 Å². The molecule has 1 heterocycles. The number of nitrogens with zero attached hydrogens (tertiary/aromatic N) is 3. The van der Waals surface area contributed by atoms with Crippen LogP contribution in [-0.2, 0) is 19.4 Å². The highest BCUT2D eigenvalue weighted by Gasteiger charge is 2.21. The third-order valence-corrected chi connectivity index (χ3v) is 5.31. The maximum atomic E-state index is 10.7. The fraction of sp³-hybridized carbons (Fsp3) is 0.217. The van der Waals surface area contributed by atoms with Crippen molar-refractivity contribution in [2.24, 2.45) is 0 Å². The fourth-order valence-corrected chi connectivity index (χ4v) is 3.79. The van der Waals surface area contributed by atoms with Gasteiger partial charge < -0.3 is 10.5 Å². The van der Waals surface area contributed by atoms with Crippen molar-refractivity contribution in [1.82, 2.24) is 4.98 Å². The van der Waals surface area contributed by atoms with Crippen molar-refractivity contribution in [1.29, 1.82) is 5.26 Å². The number of anilines is 1. The number of hydrogen-bond acceptors (Lipinski definition) is 6. The van der Waals surface area contributed by atoms with Crippen LogP contribution in [0.2, 0.25) is 0 Å². The first-order valence-electron chi connectivity index (χ1n) is 9.74. The summed E-state index contributed by atoms with van der Waals surface area (Å²) in [5.74, 6) is 0.957. The molecule has 0 amide bonds. The zero-order valence-corrected chi connectivity index (χ0v) is 16.3. The van der Waals surface area contributed by atoms with Crippen molar-refractivity contribution in [3.05, 3.63) is 81.0 Å². The van der Waals surface area contributed by atoms with Gasteiger partial charge in [0.15, 0.2) is 0 Å². The van der Waals surface area contributed by atoms with E-state index in [0.717, 1.165) is 53.6 Å². The van der Waals surface area contributed by atoms with Gasteiger partial charge >= 0.3 is 0 Å². The maximum absolute atomic E-state index is 10.7. The molecule has 0 saturated heterocycles. The molecule has 4 rings (SSSR count). The summed E-state index contributed by atoms with van der Waals surface area (Å²) in [4.78, 5) is 14.8. The average Bonchev–Trinajstić information content (AvgIpc) is 2.77. The maximum Gasteiger partial charge on any atom is 0.269 e. The van der Waals surface area contributed by atoms with Gasteiger partial charge in [-0.1, -0.05) is 12.1 Å². The zero-order chi connectivity index (χ0) is 21.1. The molecule has 0 spiro atoms. The molecule has 0 unspecified atom stereocenters.